The molecule has 136 valence electrons. The van der Waals surface area contributed by atoms with Gasteiger partial charge in [0.1, 0.15) is 6.61 Å². The van der Waals surface area contributed by atoms with E-state index in [-0.39, 0.29) is 17.9 Å². The third kappa shape index (κ3) is 4.17. The molecule has 1 aliphatic rings. The SMILES string of the molecule is CC(C)(C)c1ccc2c(c1)O[C@H](C(=O)N/N=C\c1ccccc1Cl)CO2. The lowest BCUT2D eigenvalue weighted by molar-refractivity contribution is -0.130. The van der Waals surface area contributed by atoms with Gasteiger partial charge < -0.3 is 9.47 Å². The lowest BCUT2D eigenvalue weighted by Crippen LogP contribution is -2.42. The summed E-state index contributed by atoms with van der Waals surface area (Å²) in [5, 5.41) is 4.51. The molecule has 2 aromatic rings. The third-order valence-corrected chi connectivity index (χ3v) is 4.39. The van der Waals surface area contributed by atoms with Crippen LogP contribution in [-0.2, 0) is 10.2 Å². The van der Waals surface area contributed by atoms with Crippen LogP contribution in [0.5, 0.6) is 11.5 Å². The zero-order valence-corrected chi connectivity index (χ0v) is 15.7. The number of hydrazone groups is 1. The number of benzene rings is 2. The van der Waals surface area contributed by atoms with Crippen LogP contribution >= 0.6 is 11.6 Å². The van der Waals surface area contributed by atoms with E-state index in [2.05, 4.69) is 31.3 Å². The molecule has 0 fully saturated rings. The van der Waals surface area contributed by atoms with Gasteiger partial charge >= 0.3 is 0 Å². The molecular formula is C20H21ClN2O3. The number of hydrogen-bond donors (Lipinski definition) is 1. The minimum atomic E-state index is -0.763. The lowest BCUT2D eigenvalue weighted by Gasteiger charge is -2.27. The monoisotopic (exact) mass is 372 g/mol. The second-order valence-corrected chi connectivity index (χ2v) is 7.49. The van der Waals surface area contributed by atoms with Gasteiger partial charge in [0.2, 0.25) is 6.10 Å². The average Bonchev–Trinajstić information content (AvgIpc) is 2.61. The first-order valence-corrected chi connectivity index (χ1v) is 8.74. The molecule has 1 heterocycles. The van der Waals surface area contributed by atoms with Gasteiger partial charge in [-0.15, -0.1) is 0 Å². The van der Waals surface area contributed by atoms with Gasteiger partial charge in [0.15, 0.2) is 11.5 Å². The fraction of sp³-hybridized carbons (Fsp3) is 0.300. The van der Waals surface area contributed by atoms with E-state index < -0.39 is 6.10 Å². The summed E-state index contributed by atoms with van der Waals surface area (Å²) in [6.07, 6.45) is 0.733. The number of fused-ring (bicyclic) bond motifs is 1. The number of halogens is 1. The number of carbonyl (C=O) groups is 1. The predicted octanol–water partition coefficient (Wildman–Crippen LogP) is 3.93. The molecule has 3 rings (SSSR count). The van der Waals surface area contributed by atoms with Gasteiger partial charge in [0, 0.05) is 10.6 Å². The minimum Gasteiger partial charge on any atom is -0.485 e. The number of nitrogens with one attached hydrogen (secondary N) is 1. The second kappa shape index (κ2) is 7.38. The smallest absolute Gasteiger partial charge is 0.284 e. The van der Waals surface area contributed by atoms with Crippen LogP contribution in [0.25, 0.3) is 0 Å². The van der Waals surface area contributed by atoms with E-state index in [4.69, 9.17) is 21.1 Å². The Labute approximate surface area is 158 Å². The van der Waals surface area contributed by atoms with Crippen molar-refractivity contribution in [3.63, 3.8) is 0 Å². The Bertz CT molecular complexity index is 843. The van der Waals surface area contributed by atoms with Crippen LogP contribution in [0, 0.1) is 0 Å². The number of rotatable bonds is 3. The summed E-state index contributed by atoms with van der Waals surface area (Å²) in [5.74, 6) is 0.834. The summed E-state index contributed by atoms with van der Waals surface area (Å²) in [7, 11) is 0. The fourth-order valence-electron chi connectivity index (χ4n) is 2.49. The maximum atomic E-state index is 12.3. The van der Waals surface area contributed by atoms with Crippen molar-refractivity contribution in [3.05, 3.63) is 58.6 Å². The lowest BCUT2D eigenvalue weighted by atomic mass is 9.87. The molecule has 0 spiro atoms. The van der Waals surface area contributed by atoms with E-state index in [0.717, 1.165) is 11.1 Å². The van der Waals surface area contributed by atoms with Crippen LogP contribution < -0.4 is 14.9 Å². The van der Waals surface area contributed by atoms with Gasteiger partial charge in [-0.2, -0.15) is 5.10 Å². The van der Waals surface area contributed by atoms with Gasteiger partial charge in [0.25, 0.3) is 5.91 Å². The quantitative estimate of drug-likeness (QED) is 0.656. The normalized spacial score (nSPS) is 16.5. The molecule has 0 saturated carbocycles. The molecule has 1 amide bonds. The Morgan fingerprint density at radius 3 is 2.73 bits per heavy atom. The van der Waals surface area contributed by atoms with Crippen molar-refractivity contribution in [2.24, 2.45) is 5.10 Å². The molecule has 6 heteroatoms. The number of ether oxygens (including phenoxy) is 2. The number of hydrogen-bond acceptors (Lipinski definition) is 4. The Balaban J connectivity index is 1.66. The number of nitrogens with zero attached hydrogens (tertiary/aromatic N) is 1. The van der Waals surface area contributed by atoms with Gasteiger partial charge in [-0.1, -0.05) is 56.6 Å². The number of amides is 1. The third-order valence-electron chi connectivity index (χ3n) is 4.05. The van der Waals surface area contributed by atoms with E-state index >= 15 is 0 Å². The zero-order valence-electron chi connectivity index (χ0n) is 15.0. The summed E-state index contributed by atoms with van der Waals surface area (Å²) in [4.78, 5) is 12.3. The summed E-state index contributed by atoms with van der Waals surface area (Å²) in [5.41, 5.74) is 4.28. The van der Waals surface area contributed by atoms with Crippen LogP contribution in [0.3, 0.4) is 0 Å². The molecule has 1 aliphatic heterocycles. The van der Waals surface area contributed by atoms with E-state index in [1.165, 1.54) is 6.21 Å². The summed E-state index contributed by atoms with van der Waals surface area (Å²) < 4.78 is 11.5. The molecule has 0 radical (unpaired) electrons. The van der Waals surface area contributed by atoms with Gasteiger partial charge in [-0.25, -0.2) is 5.43 Å². The molecule has 2 aromatic carbocycles. The number of carbonyl (C=O) groups excluding carboxylic acids is 1. The Kier molecular flexibility index (Phi) is 5.18. The topological polar surface area (TPSA) is 59.9 Å². The largest absolute Gasteiger partial charge is 0.485 e. The zero-order chi connectivity index (χ0) is 18.7. The average molecular weight is 373 g/mol. The van der Waals surface area contributed by atoms with Gasteiger partial charge in [0.05, 0.1) is 6.21 Å². The Morgan fingerprint density at radius 1 is 1.23 bits per heavy atom. The Hall–Kier alpha value is -2.53. The highest BCUT2D eigenvalue weighted by atomic mass is 35.5. The van der Waals surface area contributed by atoms with Crippen molar-refractivity contribution in [3.8, 4) is 11.5 Å². The highest BCUT2D eigenvalue weighted by Crippen LogP contribution is 2.36. The first-order valence-electron chi connectivity index (χ1n) is 8.36. The predicted molar refractivity (Wildman–Crippen MR) is 102 cm³/mol. The molecule has 5 nitrogen and oxygen atoms in total. The van der Waals surface area contributed by atoms with E-state index in [0.29, 0.717) is 16.5 Å². The van der Waals surface area contributed by atoms with Crippen molar-refractivity contribution in [1.82, 2.24) is 5.43 Å². The van der Waals surface area contributed by atoms with Crippen molar-refractivity contribution in [1.29, 1.82) is 0 Å². The van der Waals surface area contributed by atoms with Crippen LogP contribution in [0.1, 0.15) is 31.9 Å². The van der Waals surface area contributed by atoms with Crippen LogP contribution in [0.15, 0.2) is 47.6 Å². The van der Waals surface area contributed by atoms with Crippen molar-refractivity contribution < 1.29 is 14.3 Å². The molecule has 1 N–H and O–H groups in total. The fourth-order valence-corrected chi connectivity index (χ4v) is 2.67. The van der Waals surface area contributed by atoms with E-state index in [1.54, 1.807) is 6.07 Å². The molecule has 1 atom stereocenters. The van der Waals surface area contributed by atoms with Crippen LogP contribution in [0.2, 0.25) is 5.02 Å². The highest BCUT2D eigenvalue weighted by molar-refractivity contribution is 6.33. The standard InChI is InChI=1S/C20H21ClN2O3/c1-20(2,3)14-8-9-16-17(10-14)26-18(12-25-16)19(24)23-22-11-13-6-4-5-7-15(13)21/h4-11,18H,12H2,1-3H3,(H,23,24)/b22-11-/t18-/m0/s1. The highest BCUT2D eigenvalue weighted by Gasteiger charge is 2.28. The van der Waals surface area contributed by atoms with Crippen molar-refractivity contribution >= 4 is 23.7 Å². The molecule has 26 heavy (non-hydrogen) atoms. The maximum absolute atomic E-state index is 12.3. The summed E-state index contributed by atoms with van der Waals surface area (Å²) >= 11 is 6.05. The molecular weight excluding hydrogens is 352 g/mol. The van der Waals surface area contributed by atoms with Crippen LogP contribution in [-0.4, -0.2) is 24.8 Å². The van der Waals surface area contributed by atoms with E-state index in [9.17, 15) is 4.79 Å². The first kappa shape index (κ1) is 18.3. The Morgan fingerprint density at radius 2 is 2.00 bits per heavy atom. The molecule has 0 saturated heterocycles. The van der Waals surface area contributed by atoms with Crippen LogP contribution in [0.4, 0.5) is 0 Å². The first-order chi connectivity index (χ1) is 12.3. The molecule has 0 unspecified atom stereocenters. The summed E-state index contributed by atoms with van der Waals surface area (Å²) in [6.45, 7) is 6.49. The van der Waals surface area contributed by atoms with E-state index in [1.807, 2.05) is 36.4 Å². The molecule has 0 aromatic heterocycles. The van der Waals surface area contributed by atoms with Gasteiger partial charge in [-0.3, -0.25) is 4.79 Å². The second-order valence-electron chi connectivity index (χ2n) is 7.08. The van der Waals surface area contributed by atoms with Crippen molar-refractivity contribution in [2.45, 2.75) is 32.3 Å². The van der Waals surface area contributed by atoms with Gasteiger partial charge in [-0.05, 0) is 29.2 Å². The minimum absolute atomic E-state index is 0.0210. The molecule has 0 bridgehead atoms. The maximum Gasteiger partial charge on any atom is 0.284 e. The molecule has 0 aliphatic carbocycles. The summed E-state index contributed by atoms with van der Waals surface area (Å²) in [6, 6.07) is 13.0. The van der Waals surface area contributed by atoms with Crippen molar-refractivity contribution in [2.75, 3.05) is 6.61 Å².